The molecule has 148 valence electrons. The lowest BCUT2D eigenvalue weighted by atomic mass is 10.1. The zero-order valence-electron chi connectivity index (χ0n) is 15.9. The predicted octanol–water partition coefficient (Wildman–Crippen LogP) is 4.97. The van der Waals surface area contributed by atoms with Crippen LogP contribution in [0.5, 0.6) is 11.5 Å². The predicted molar refractivity (Wildman–Crippen MR) is 116 cm³/mol. The molecular formula is C22H19BrN2O4. The summed E-state index contributed by atoms with van der Waals surface area (Å²) in [6.45, 7) is 0. The van der Waals surface area contributed by atoms with Crippen molar-refractivity contribution in [1.29, 1.82) is 0 Å². The number of amides is 2. The lowest BCUT2D eigenvalue weighted by Gasteiger charge is -2.11. The van der Waals surface area contributed by atoms with Gasteiger partial charge in [-0.1, -0.05) is 28.1 Å². The number of nitrogens with one attached hydrogen (secondary N) is 2. The number of hydrogen-bond donors (Lipinski definition) is 2. The summed E-state index contributed by atoms with van der Waals surface area (Å²) in [7, 11) is 3.07. The van der Waals surface area contributed by atoms with Gasteiger partial charge < -0.3 is 20.1 Å². The highest BCUT2D eigenvalue weighted by molar-refractivity contribution is 9.10. The van der Waals surface area contributed by atoms with E-state index in [0.717, 1.165) is 4.47 Å². The Morgan fingerprint density at radius 1 is 0.724 bits per heavy atom. The van der Waals surface area contributed by atoms with Gasteiger partial charge in [-0.3, -0.25) is 9.59 Å². The summed E-state index contributed by atoms with van der Waals surface area (Å²) in [5.74, 6) is 0.516. The summed E-state index contributed by atoms with van der Waals surface area (Å²) < 4.78 is 11.3. The number of halogens is 1. The summed E-state index contributed by atoms with van der Waals surface area (Å²) in [6.07, 6.45) is 0. The molecule has 0 heterocycles. The number of carbonyl (C=O) groups excluding carboxylic acids is 2. The van der Waals surface area contributed by atoms with Gasteiger partial charge >= 0.3 is 0 Å². The third-order valence-corrected chi connectivity index (χ3v) is 4.60. The molecule has 0 fully saturated rings. The average Bonchev–Trinajstić information content (AvgIpc) is 2.73. The zero-order chi connectivity index (χ0) is 20.8. The number of ether oxygens (including phenoxy) is 2. The maximum absolute atomic E-state index is 12.6. The minimum absolute atomic E-state index is 0.260. The van der Waals surface area contributed by atoms with Crippen LogP contribution in [-0.2, 0) is 0 Å². The lowest BCUT2D eigenvalue weighted by molar-refractivity contribution is 0.101. The molecule has 0 spiro atoms. The van der Waals surface area contributed by atoms with E-state index in [0.29, 0.717) is 34.0 Å². The van der Waals surface area contributed by atoms with E-state index in [4.69, 9.17) is 9.47 Å². The molecule has 2 N–H and O–H groups in total. The molecule has 3 aromatic carbocycles. The molecule has 2 amide bonds. The third kappa shape index (κ3) is 5.14. The maximum atomic E-state index is 12.6. The molecule has 0 radical (unpaired) electrons. The molecule has 0 aromatic heterocycles. The van der Waals surface area contributed by atoms with Gasteiger partial charge in [0.2, 0.25) is 0 Å². The van der Waals surface area contributed by atoms with Crippen LogP contribution in [0, 0.1) is 0 Å². The van der Waals surface area contributed by atoms with Crippen molar-refractivity contribution in [1.82, 2.24) is 0 Å². The first-order chi connectivity index (χ1) is 14.0. The van der Waals surface area contributed by atoms with Crippen LogP contribution < -0.4 is 20.1 Å². The van der Waals surface area contributed by atoms with Gasteiger partial charge in [0.25, 0.3) is 11.8 Å². The number of benzene rings is 3. The van der Waals surface area contributed by atoms with E-state index in [2.05, 4.69) is 26.6 Å². The number of hydrogen-bond acceptors (Lipinski definition) is 4. The second-order valence-corrected chi connectivity index (χ2v) is 6.98. The van der Waals surface area contributed by atoms with Crippen molar-refractivity contribution >= 4 is 39.1 Å². The summed E-state index contributed by atoms with van der Waals surface area (Å²) >= 11 is 3.35. The Morgan fingerprint density at radius 2 is 1.31 bits per heavy atom. The fourth-order valence-electron chi connectivity index (χ4n) is 2.69. The van der Waals surface area contributed by atoms with Gasteiger partial charge in [-0.05, 0) is 48.5 Å². The highest BCUT2D eigenvalue weighted by Gasteiger charge is 2.11. The minimum Gasteiger partial charge on any atom is -0.493 e. The monoisotopic (exact) mass is 454 g/mol. The molecule has 0 atom stereocenters. The number of anilines is 2. The topological polar surface area (TPSA) is 76.7 Å². The molecule has 0 unspecified atom stereocenters. The number of methoxy groups -OCH3 is 2. The van der Waals surface area contributed by atoms with Crippen LogP contribution in [-0.4, -0.2) is 26.0 Å². The Kier molecular flexibility index (Phi) is 6.51. The summed E-state index contributed by atoms with van der Waals surface area (Å²) in [5, 5.41) is 5.61. The molecule has 0 aliphatic rings. The van der Waals surface area contributed by atoms with Crippen molar-refractivity contribution in [3.8, 4) is 11.5 Å². The highest BCUT2D eigenvalue weighted by atomic mass is 79.9. The molecule has 0 aliphatic heterocycles. The molecule has 29 heavy (non-hydrogen) atoms. The second-order valence-electron chi connectivity index (χ2n) is 6.07. The Balaban J connectivity index is 1.73. The standard InChI is InChI=1S/C22H19BrN2O4/c1-28-19-10-9-18(13-20(19)29-2)25-22(27)15-6-4-8-17(12-15)24-21(26)14-5-3-7-16(23)11-14/h3-13H,1-2H3,(H,24,26)(H,25,27). The van der Waals surface area contributed by atoms with Crippen LogP contribution in [0.3, 0.4) is 0 Å². The summed E-state index contributed by atoms with van der Waals surface area (Å²) in [5.41, 5.74) is 2.01. The Hall–Kier alpha value is -3.32. The van der Waals surface area contributed by atoms with Gasteiger partial charge in [-0.2, -0.15) is 0 Å². The SMILES string of the molecule is COc1ccc(NC(=O)c2cccc(NC(=O)c3cccc(Br)c3)c2)cc1OC. The first-order valence-electron chi connectivity index (χ1n) is 8.70. The highest BCUT2D eigenvalue weighted by Crippen LogP contribution is 2.30. The quantitative estimate of drug-likeness (QED) is 0.550. The lowest BCUT2D eigenvalue weighted by Crippen LogP contribution is -2.14. The van der Waals surface area contributed by atoms with E-state index in [1.807, 2.05) is 6.07 Å². The minimum atomic E-state index is -0.309. The van der Waals surface area contributed by atoms with Crippen molar-refractivity contribution in [2.45, 2.75) is 0 Å². The van der Waals surface area contributed by atoms with Crippen molar-refractivity contribution in [3.63, 3.8) is 0 Å². The fraction of sp³-hybridized carbons (Fsp3) is 0.0909. The molecule has 0 saturated carbocycles. The van der Waals surface area contributed by atoms with Gasteiger partial charge in [0.05, 0.1) is 14.2 Å². The van der Waals surface area contributed by atoms with Crippen molar-refractivity contribution in [2.75, 3.05) is 24.9 Å². The molecular weight excluding hydrogens is 436 g/mol. The van der Waals surface area contributed by atoms with Crippen LogP contribution in [0.1, 0.15) is 20.7 Å². The van der Waals surface area contributed by atoms with Crippen molar-refractivity contribution in [2.24, 2.45) is 0 Å². The van der Waals surface area contributed by atoms with E-state index in [9.17, 15) is 9.59 Å². The van der Waals surface area contributed by atoms with Crippen molar-refractivity contribution < 1.29 is 19.1 Å². The third-order valence-electron chi connectivity index (χ3n) is 4.11. The molecule has 0 bridgehead atoms. The van der Waals surface area contributed by atoms with Crippen LogP contribution in [0.4, 0.5) is 11.4 Å². The van der Waals surface area contributed by atoms with Crippen LogP contribution >= 0.6 is 15.9 Å². The fourth-order valence-corrected chi connectivity index (χ4v) is 3.09. The van der Waals surface area contributed by atoms with Crippen LogP contribution in [0.2, 0.25) is 0 Å². The van der Waals surface area contributed by atoms with E-state index >= 15 is 0 Å². The number of rotatable bonds is 6. The summed E-state index contributed by atoms with van der Waals surface area (Å²) in [6, 6.07) is 18.9. The van der Waals surface area contributed by atoms with Gasteiger partial charge in [-0.15, -0.1) is 0 Å². The van der Waals surface area contributed by atoms with Gasteiger partial charge in [0.1, 0.15) is 0 Å². The van der Waals surface area contributed by atoms with Gasteiger partial charge in [0, 0.05) is 33.0 Å². The van der Waals surface area contributed by atoms with Gasteiger partial charge in [0.15, 0.2) is 11.5 Å². The largest absolute Gasteiger partial charge is 0.493 e. The van der Waals surface area contributed by atoms with Crippen LogP contribution in [0.25, 0.3) is 0 Å². The Bertz CT molecular complexity index is 1050. The first kappa shape index (κ1) is 20.4. The second kappa shape index (κ2) is 9.25. The zero-order valence-corrected chi connectivity index (χ0v) is 17.4. The first-order valence-corrected chi connectivity index (χ1v) is 9.50. The summed E-state index contributed by atoms with van der Waals surface area (Å²) in [4.78, 5) is 25.0. The average molecular weight is 455 g/mol. The number of carbonyl (C=O) groups is 2. The van der Waals surface area contributed by atoms with Gasteiger partial charge in [-0.25, -0.2) is 0 Å². The van der Waals surface area contributed by atoms with E-state index in [1.54, 1.807) is 67.8 Å². The smallest absolute Gasteiger partial charge is 0.255 e. The Labute approximate surface area is 177 Å². The molecule has 6 nitrogen and oxygen atoms in total. The molecule has 0 aliphatic carbocycles. The molecule has 7 heteroatoms. The van der Waals surface area contributed by atoms with E-state index in [1.165, 1.54) is 7.11 Å². The normalized spacial score (nSPS) is 10.2. The maximum Gasteiger partial charge on any atom is 0.255 e. The molecule has 3 aromatic rings. The molecule has 0 saturated heterocycles. The molecule has 3 rings (SSSR count). The van der Waals surface area contributed by atoms with Crippen molar-refractivity contribution in [3.05, 3.63) is 82.3 Å². The van der Waals surface area contributed by atoms with E-state index in [-0.39, 0.29) is 11.8 Å². The van der Waals surface area contributed by atoms with Crippen LogP contribution in [0.15, 0.2) is 71.2 Å². The van der Waals surface area contributed by atoms with E-state index < -0.39 is 0 Å². The Morgan fingerprint density at radius 3 is 1.93 bits per heavy atom.